The van der Waals surface area contributed by atoms with Crippen molar-refractivity contribution >= 4 is 17.5 Å². The van der Waals surface area contributed by atoms with Crippen LogP contribution in [-0.2, 0) is 4.79 Å². The van der Waals surface area contributed by atoms with Crippen molar-refractivity contribution in [1.29, 1.82) is 0 Å². The van der Waals surface area contributed by atoms with Crippen LogP contribution in [0.3, 0.4) is 0 Å². The highest BCUT2D eigenvalue weighted by Crippen LogP contribution is 2.23. The Morgan fingerprint density at radius 2 is 1.76 bits per heavy atom. The summed E-state index contributed by atoms with van der Waals surface area (Å²) >= 11 is 5.92. The molecule has 21 heavy (non-hydrogen) atoms. The van der Waals surface area contributed by atoms with Gasteiger partial charge in [-0.2, -0.15) is 0 Å². The van der Waals surface area contributed by atoms with Crippen LogP contribution in [0.1, 0.15) is 52.6 Å². The minimum atomic E-state index is 0.0180. The summed E-state index contributed by atoms with van der Waals surface area (Å²) < 4.78 is 0. The van der Waals surface area contributed by atoms with E-state index in [2.05, 4.69) is 45.3 Å². The molecule has 0 bridgehead atoms. The van der Waals surface area contributed by atoms with Crippen molar-refractivity contribution < 1.29 is 4.79 Å². The number of carbonyl (C=O) groups is 1. The first kappa shape index (κ1) is 18.0. The predicted molar refractivity (Wildman–Crippen MR) is 89.5 cm³/mol. The number of hydrogen-bond acceptors (Lipinski definition) is 2. The summed E-state index contributed by atoms with van der Waals surface area (Å²) in [5, 5.41) is 7.15. The van der Waals surface area contributed by atoms with Crippen LogP contribution in [0.4, 0.5) is 0 Å². The van der Waals surface area contributed by atoms with Crippen LogP contribution in [0.5, 0.6) is 0 Å². The molecule has 0 aromatic heterocycles. The highest BCUT2D eigenvalue weighted by atomic mass is 35.5. The van der Waals surface area contributed by atoms with Crippen LogP contribution in [0, 0.1) is 5.92 Å². The molecule has 0 saturated heterocycles. The van der Waals surface area contributed by atoms with Gasteiger partial charge >= 0.3 is 0 Å². The monoisotopic (exact) mass is 310 g/mol. The first-order valence-electron chi connectivity index (χ1n) is 7.49. The van der Waals surface area contributed by atoms with Crippen molar-refractivity contribution in [3.05, 3.63) is 34.9 Å². The maximum Gasteiger partial charge on any atom is 0.221 e. The van der Waals surface area contributed by atoms with E-state index < -0.39 is 0 Å². The van der Waals surface area contributed by atoms with E-state index >= 15 is 0 Å². The molecule has 0 spiro atoms. The molecule has 0 heterocycles. The van der Waals surface area contributed by atoms with Gasteiger partial charge in [0.15, 0.2) is 0 Å². The molecule has 3 nitrogen and oxygen atoms in total. The lowest BCUT2D eigenvalue weighted by molar-refractivity contribution is -0.122. The zero-order chi connectivity index (χ0) is 16.0. The molecule has 1 rings (SSSR count). The van der Waals surface area contributed by atoms with Gasteiger partial charge in [-0.1, -0.05) is 37.6 Å². The van der Waals surface area contributed by atoms with E-state index in [0.717, 1.165) is 5.56 Å². The molecule has 118 valence electrons. The summed E-state index contributed by atoms with van der Waals surface area (Å²) in [5.74, 6) is 0.395. The summed E-state index contributed by atoms with van der Waals surface area (Å²) in [6.45, 7) is 11.2. The number of rotatable bonds is 6. The lowest BCUT2D eigenvalue weighted by atomic mass is 9.96. The lowest BCUT2D eigenvalue weighted by Crippen LogP contribution is -2.39. The Balaban J connectivity index is 2.58. The first-order valence-corrected chi connectivity index (χ1v) is 7.86. The third kappa shape index (κ3) is 6.96. The zero-order valence-corrected chi connectivity index (χ0v) is 14.4. The molecule has 1 amide bonds. The molecule has 0 radical (unpaired) electrons. The fourth-order valence-corrected chi connectivity index (χ4v) is 2.23. The van der Waals surface area contributed by atoms with Gasteiger partial charge in [0.2, 0.25) is 5.91 Å². The Labute approximate surface area is 133 Å². The van der Waals surface area contributed by atoms with Crippen LogP contribution in [0.15, 0.2) is 24.3 Å². The van der Waals surface area contributed by atoms with Crippen LogP contribution in [-0.4, -0.2) is 18.0 Å². The first-order chi connectivity index (χ1) is 9.69. The van der Waals surface area contributed by atoms with Crippen molar-refractivity contribution in [2.75, 3.05) is 6.54 Å². The molecular weight excluding hydrogens is 284 g/mol. The molecule has 0 fully saturated rings. The van der Waals surface area contributed by atoms with E-state index in [1.807, 2.05) is 24.3 Å². The molecule has 0 aliphatic heterocycles. The van der Waals surface area contributed by atoms with Gasteiger partial charge in [0, 0.05) is 23.5 Å². The molecule has 4 heteroatoms. The standard InChI is InChI=1S/C17H27ClN2O/c1-12(2)16(13-6-8-14(18)9-7-13)20-15(21)10-11-19-17(3,4)5/h6-9,12,16,19H,10-11H2,1-5H3,(H,20,21). The van der Waals surface area contributed by atoms with Gasteiger partial charge in [0.25, 0.3) is 0 Å². The van der Waals surface area contributed by atoms with E-state index in [1.54, 1.807) is 0 Å². The Morgan fingerprint density at radius 1 is 1.19 bits per heavy atom. The summed E-state index contributed by atoms with van der Waals surface area (Å²) in [6.07, 6.45) is 0.480. The fourth-order valence-electron chi connectivity index (χ4n) is 2.10. The molecule has 0 aliphatic carbocycles. The van der Waals surface area contributed by atoms with E-state index in [0.29, 0.717) is 23.9 Å². The maximum atomic E-state index is 12.1. The highest BCUT2D eigenvalue weighted by Gasteiger charge is 2.18. The normalized spacial score (nSPS) is 13.3. The largest absolute Gasteiger partial charge is 0.349 e. The molecule has 1 unspecified atom stereocenters. The number of amides is 1. The smallest absolute Gasteiger partial charge is 0.221 e. The second kappa shape index (κ2) is 7.81. The lowest BCUT2D eigenvalue weighted by Gasteiger charge is -2.24. The third-order valence-corrected chi connectivity index (χ3v) is 3.47. The number of benzene rings is 1. The van der Waals surface area contributed by atoms with Gasteiger partial charge < -0.3 is 10.6 Å². The van der Waals surface area contributed by atoms with Gasteiger partial charge in [-0.05, 0) is 44.4 Å². The van der Waals surface area contributed by atoms with Gasteiger partial charge in [-0.15, -0.1) is 0 Å². The minimum absolute atomic E-state index is 0.0180. The van der Waals surface area contributed by atoms with Crippen molar-refractivity contribution in [1.82, 2.24) is 10.6 Å². The summed E-state index contributed by atoms with van der Waals surface area (Å²) in [5.41, 5.74) is 1.13. The van der Waals surface area contributed by atoms with Crippen LogP contribution < -0.4 is 10.6 Å². The topological polar surface area (TPSA) is 41.1 Å². The summed E-state index contributed by atoms with van der Waals surface area (Å²) in [6, 6.07) is 7.69. The molecule has 0 aliphatic rings. The van der Waals surface area contributed by atoms with E-state index in [4.69, 9.17) is 11.6 Å². The van der Waals surface area contributed by atoms with Gasteiger partial charge in [0.05, 0.1) is 6.04 Å². The Hall–Kier alpha value is -1.06. The number of halogens is 1. The Kier molecular flexibility index (Phi) is 6.69. The molecule has 1 atom stereocenters. The predicted octanol–water partition coefficient (Wildman–Crippen LogP) is 3.93. The van der Waals surface area contributed by atoms with Crippen molar-refractivity contribution in [2.45, 2.75) is 52.6 Å². The molecule has 2 N–H and O–H groups in total. The summed E-state index contributed by atoms with van der Waals surface area (Å²) in [4.78, 5) is 12.1. The Bertz CT molecular complexity index is 449. The van der Waals surface area contributed by atoms with E-state index in [9.17, 15) is 4.79 Å². The summed E-state index contributed by atoms with van der Waals surface area (Å²) in [7, 11) is 0. The van der Waals surface area contributed by atoms with Crippen molar-refractivity contribution in [3.63, 3.8) is 0 Å². The molecule has 1 aromatic rings. The fraction of sp³-hybridized carbons (Fsp3) is 0.588. The quantitative estimate of drug-likeness (QED) is 0.836. The van der Waals surface area contributed by atoms with E-state index in [1.165, 1.54) is 0 Å². The average Bonchev–Trinajstić information content (AvgIpc) is 2.35. The maximum absolute atomic E-state index is 12.1. The van der Waals surface area contributed by atoms with Crippen molar-refractivity contribution in [2.24, 2.45) is 5.92 Å². The van der Waals surface area contributed by atoms with E-state index in [-0.39, 0.29) is 17.5 Å². The highest BCUT2D eigenvalue weighted by molar-refractivity contribution is 6.30. The van der Waals surface area contributed by atoms with Gasteiger partial charge in [0.1, 0.15) is 0 Å². The third-order valence-electron chi connectivity index (χ3n) is 3.22. The molecule has 1 aromatic carbocycles. The zero-order valence-electron chi connectivity index (χ0n) is 13.7. The minimum Gasteiger partial charge on any atom is -0.349 e. The Morgan fingerprint density at radius 3 is 2.24 bits per heavy atom. The van der Waals surface area contributed by atoms with Crippen LogP contribution >= 0.6 is 11.6 Å². The van der Waals surface area contributed by atoms with Crippen molar-refractivity contribution in [3.8, 4) is 0 Å². The second-order valence-electron chi connectivity index (χ2n) is 6.77. The number of nitrogens with one attached hydrogen (secondary N) is 2. The molecule has 0 saturated carbocycles. The molecular formula is C17H27ClN2O. The second-order valence-corrected chi connectivity index (χ2v) is 7.20. The SMILES string of the molecule is CC(C)C(NC(=O)CCNC(C)(C)C)c1ccc(Cl)cc1. The number of hydrogen-bond donors (Lipinski definition) is 2. The average molecular weight is 311 g/mol. The number of carbonyl (C=O) groups excluding carboxylic acids is 1. The van der Waals surface area contributed by atoms with Gasteiger partial charge in [-0.3, -0.25) is 4.79 Å². The van der Waals surface area contributed by atoms with Gasteiger partial charge in [-0.25, -0.2) is 0 Å². The van der Waals surface area contributed by atoms with Crippen LogP contribution in [0.2, 0.25) is 5.02 Å². The van der Waals surface area contributed by atoms with Crippen LogP contribution in [0.25, 0.3) is 0 Å².